The van der Waals surface area contributed by atoms with Gasteiger partial charge in [-0.05, 0) is 54.1 Å². The molecule has 0 aliphatic heterocycles. The van der Waals surface area contributed by atoms with Crippen LogP contribution in [-0.4, -0.2) is 32.1 Å². The van der Waals surface area contributed by atoms with Crippen molar-refractivity contribution in [1.29, 1.82) is 0 Å². The van der Waals surface area contributed by atoms with Crippen LogP contribution in [-0.2, 0) is 7.05 Å². The molecule has 0 aliphatic carbocycles. The van der Waals surface area contributed by atoms with Gasteiger partial charge in [-0.3, -0.25) is 4.79 Å². The fourth-order valence-corrected chi connectivity index (χ4v) is 2.65. The second kappa shape index (κ2) is 8.30. The Morgan fingerprint density at radius 3 is 2.50 bits per heavy atom. The molecule has 144 valence electrons. The number of para-hydroxylation sites is 1. The zero-order chi connectivity index (χ0) is 20.1. The van der Waals surface area contributed by atoms with Crippen molar-refractivity contribution in [2.45, 2.75) is 19.9 Å². The van der Waals surface area contributed by atoms with Crippen molar-refractivity contribution in [2.75, 3.05) is 10.6 Å². The van der Waals surface area contributed by atoms with Gasteiger partial charge in [-0.25, -0.2) is 9.48 Å². The number of benzene rings is 2. The van der Waals surface area contributed by atoms with Crippen LogP contribution in [0.2, 0.25) is 0 Å². The zero-order valence-electron chi connectivity index (χ0n) is 15.8. The molecule has 0 saturated carbocycles. The van der Waals surface area contributed by atoms with Gasteiger partial charge in [0.15, 0.2) is 5.82 Å². The molecular formula is C19H21N7O2. The van der Waals surface area contributed by atoms with E-state index in [1.807, 2.05) is 25.1 Å². The third-order valence-electron chi connectivity index (χ3n) is 4.17. The third-order valence-corrected chi connectivity index (χ3v) is 4.17. The highest BCUT2D eigenvalue weighted by atomic mass is 16.2. The van der Waals surface area contributed by atoms with Crippen molar-refractivity contribution in [3.05, 3.63) is 65.5 Å². The molecule has 0 bridgehead atoms. The van der Waals surface area contributed by atoms with E-state index in [-0.39, 0.29) is 18.0 Å². The summed E-state index contributed by atoms with van der Waals surface area (Å²) in [5.74, 6) is 0.253. The smallest absolute Gasteiger partial charge is 0.323 e. The van der Waals surface area contributed by atoms with Crippen LogP contribution in [0.1, 0.15) is 34.7 Å². The lowest BCUT2D eigenvalue weighted by molar-refractivity contribution is 0.0937. The summed E-state index contributed by atoms with van der Waals surface area (Å²) in [6, 6.07) is 13.5. The minimum Gasteiger partial charge on any atom is -0.342 e. The summed E-state index contributed by atoms with van der Waals surface area (Å²) in [5, 5.41) is 19.6. The number of hydrogen-bond acceptors (Lipinski definition) is 5. The molecule has 0 spiro atoms. The summed E-state index contributed by atoms with van der Waals surface area (Å²) in [7, 11) is 1.71. The quantitative estimate of drug-likeness (QED) is 0.631. The topological polar surface area (TPSA) is 114 Å². The third kappa shape index (κ3) is 4.50. The minimum atomic E-state index is -0.384. The molecule has 3 amide bonds. The predicted octanol–water partition coefficient (Wildman–Crippen LogP) is 2.65. The van der Waals surface area contributed by atoms with E-state index in [9.17, 15) is 9.59 Å². The van der Waals surface area contributed by atoms with Crippen molar-refractivity contribution in [3.8, 4) is 0 Å². The van der Waals surface area contributed by atoms with Gasteiger partial charge in [0.05, 0.1) is 6.04 Å². The number of urea groups is 1. The fourth-order valence-electron chi connectivity index (χ4n) is 2.65. The van der Waals surface area contributed by atoms with Gasteiger partial charge in [-0.2, -0.15) is 0 Å². The van der Waals surface area contributed by atoms with Crippen molar-refractivity contribution >= 4 is 23.3 Å². The molecule has 3 N–H and O–H groups in total. The molecule has 3 aromatic rings. The van der Waals surface area contributed by atoms with Crippen molar-refractivity contribution in [3.63, 3.8) is 0 Å². The van der Waals surface area contributed by atoms with Crippen LogP contribution in [0, 0.1) is 6.92 Å². The molecule has 0 fully saturated rings. The molecular weight excluding hydrogens is 358 g/mol. The van der Waals surface area contributed by atoms with Crippen molar-refractivity contribution < 1.29 is 9.59 Å². The molecule has 0 unspecified atom stereocenters. The summed E-state index contributed by atoms with van der Waals surface area (Å²) in [5.41, 5.74) is 2.49. The number of amides is 3. The summed E-state index contributed by atoms with van der Waals surface area (Å²) >= 11 is 0. The Bertz CT molecular complexity index is 985. The lowest BCUT2D eigenvalue weighted by Gasteiger charge is -2.14. The number of anilines is 2. The van der Waals surface area contributed by atoms with Gasteiger partial charge in [-0.1, -0.05) is 24.3 Å². The lowest BCUT2D eigenvalue weighted by Crippen LogP contribution is -2.28. The van der Waals surface area contributed by atoms with E-state index < -0.39 is 0 Å². The lowest BCUT2D eigenvalue weighted by atomic mass is 10.1. The molecule has 1 heterocycles. The van der Waals surface area contributed by atoms with E-state index in [0.717, 1.165) is 5.56 Å². The second-order valence-corrected chi connectivity index (χ2v) is 6.33. The number of tetrazole rings is 1. The zero-order valence-corrected chi connectivity index (χ0v) is 15.8. The molecule has 1 aromatic heterocycles. The highest BCUT2D eigenvalue weighted by molar-refractivity contribution is 6.02. The summed E-state index contributed by atoms with van der Waals surface area (Å²) in [6.07, 6.45) is 0. The number of aryl methyl sites for hydroxylation is 2. The average Bonchev–Trinajstić information content (AvgIpc) is 3.10. The maximum atomic E-state index is 12.6. The van der Waals surface area contributed by atoms with E-state index in [0.29, 0.717) is 22.8 Å². The molecule has 9 heteroatoms. The molecule has 9 nitrogen and oxygen atoms in total. The van der Waals surface area contributed by atoms with Gasteiger partial charge < -0.3 is 16.0 Å². The van der Waals surface area contributed by atoms with Crippen LogP contribution in [0.5, 0.6) is 0 Å². The van der Waals surface area contributed by atoms with Gasteiger partial charge >= 0.3 is 6.03 Å². The molecule has 0 aliphatic rings. The van der Waals surface area contributed by atoms with Crippen LogP contribution in [0.3, 0.4) is 0 Å². The molecule has 0 radical (unpaired) electrons. The Hall–Kier alpha value is -3.75. The first kappa shape index (κ1) is 19.0. The molecule has 1 atom stereocenters. The first-order valence-corrected chi connectivity index (χ1v) is 8.71. The summed E-state index contributed by atoms with van der Waals surface area (Å²) in [4.78, 5) is 24.8. The predicted molar refractivity (Wildman–Crippen MR) is 105 cm³/mol. The van der Waals surface area contributed by atoms with Gasteiger partial charge in [0.25, 0.3) is 5.91 Å². The molecule has 0 saturated heterocycles. The van der Waals surface area contributed by atoms with Gasteiger partial charge in [0.2, 0.25) is 0 Å². The number of carbonyl (C=O) groups is 2. The monoisotopic (exact) mass is 379 g/mol. The normalized spacial score (nSPS) is 11.5. The Morgan fingerprint density at radius 1 is 1.07 bits per heavy atom. The Labute approximate surface area is 162 Å². The van der Waals surface area contributed by atoms with Crippen molar-refractivity contribution in [1.82, 2.24) is 25.5 Å². The van der Waals surface area contributed by atoms with Crippen LogP contribution in [0.25, 0.3) is 0 Å². The molecule has 2 aromatic carbocycles. The van der Waals surface area contributed by atoms with Crippen LogP contribution < -0.4 is 16.0 Å². The maximum Gasteiger partial charge on any atom is 0.323 e. The number of hydrogen-bond donors (Lipinski definition) is 3. The van der Waals surface area contributed by atoms with E-state index in [4.69, 9.17) is 0 Å². The van der Waals surface area contributed by atoms with Crippen LogP contribution >= 0.6 is 0 Å². The highest BCUT2D eigenvalue weighted by Gasteiger charge is 2.17. The highest BCUT2D eigenvalue weighted by Crippen LogP contribution is 2.18. The maximum absolute atomic E-state index is 12.6. The molecule has 28 heavy (non-hydrogen) atoms. The van der Waals surface area contributed by atoms with E-state index in [1.54, 1.807) is 44.3 Å². The molecule has 3 rings (SSSR count). The van der Waals surface area contributed by atoms with Crippen molar-refractivity contribution in [2.24, 2.45) is 7.05 Å². The number of aromatic nitrogens is 4. The van der Waals surface area contributed by atoms with Gasteiger partial charge in [0, 0.05) is 24.0 Å². The average molecular weight is 379 g/mol. The number of nitrogens with zero attached hydrogens (tertiary/aromatic N) is 4. The van der Waals surface area contributed by atoms with E-state index >= 15 is 0 Å². The fraction of sp³-hybridized carbons (Fsp3) is 0.211. The minimum absolute atomic E-state index is 0.290. The van der Waals surface area contributed by atoms with Crippen LogP contribution in [0.4, 0.5) is 16.2 Å². The van der Waals surface area contributed by atoms with Crippen LogP contribution in [0.15, 0.2) is 48.5 Å². The first-order valence-electron chi connectivity index (χ1n) is 8.71. The Morgan fingerprint density at radius 2 is 1.82 bits per heavy atom. The second-order valence-electron chi connectivity index (χ2n) is 6.33. The standard InChI is InChI=1S/C19H21N7O2/c1-12-9-10-14(18(27)20-13(2)17-23-24-25-26(17)3)11-16(12)22-19(28)21-15-7-5-4-6-8-15/h4-11,13H,1-3H3,(H,20,27)(H2,21,22,28)/t13-/m0/s1. The Balaban J connectivity index is 1.69. The summed E-state index contributed by atoms with van der Waals surface area (Å²) in [6.45, 7) is 3.65. The largest absolute Gasteiger partial charge is 0.342 e. The van der Waals surface area contributed by atoms with E-state index in [2.05, 4.69) is 31.5 Å². The van der Waals surface area contributed by atoms with Gasteiger partial charge in [0.1, 0.15) is 0 Å². The SMILES string of the molecule is Cc1ccc(C(=O)N[C@@H](C)c2nnnn2C)cc1NC(=O)Nc1ccccc1. The van der Waals surface area contributed by atoms with E-state index in [1.165, 1.54) is 4.68 Å². The number of rotatable bonds is 5. The number of carbonyl (C=O) groups excluding carboxylic acids is 2. The summed E-state index contributed by atoms with van der Waals surface area (Å²) < 4.78 is 1.50. The number of nitrogens with one attached hydrogen (secondary N) is 3. The van der Waals surface area contributed by atoms with Gasteiger partial charge in [-0.15, -0.1) is 5.10 Å². The Kier molecular flexibility index (Phi) is 5.64. The first-order chi connectivity index (χ1) is 13.4.